The molecule has 0 bridgehead atoms. The second-order valence-electron chi connectivity index (χ2n) is 7.41. The van der Waals surface area contributed by atoms with Crippen molar-refractivity contribution in [2.24, 2.45) is 0 Å². The van der Waals surface area contributed by atoms with Gasteiger partial charge in [-0.1, -0.05) is 40.2 Å². The van der Waals surface area contributed by atoms with Gasteiger partial charge in [-0.3, -0.25) is 0 Å². The third-order valence-corrected chi connectivity index (χ3v) is 5.54. The van der Waals surface area contributed by atoms with Crippen LogP contribution in [0.15, 0.2) is 12.1 Å². The van der Waals surface area contributed by atoms with E-state index in [1.165, 1.54) is 33.3 Å². The van der Waals surface area contributed by atoms with Crippen molar-refractivity contribution in [3.8, 4) is 0 Å². The molecule has 1 aliphatic rings. The van der Waals surface area contributed by atoms with Gasteiger partial charge in [0.25, 0.3) is 0 Å². The van der Waals surface area contributed by atoms with Gasteiger partial charge in [0, 0.05) is 17.5 Å². The van der Waals surface area contributed by atoms with E-state index in [1.54, 1.807) is 0 Å². The zero-order valence-corrected chi connectivity index (χ0v) is 15.5. The van der Waals surface area contributed by atoms with Crippen LogP contribution in [-0.4, -0.2) is 23.3 Å². The minimum absolute atomic E-state index is 0.160. The van der Waals surface area contributed by atoms with Crippen LogP contribution in [0.2, 0.25) is 0 Å². The van der Waals surface area contributed by atoms with Crippen LogP contribution in [-0.2, 0) is 23.2 Å². The predicted molar refractivity (Wildman–Crippen MR) is 99.7 cm³/mol. The Morgan fingerprint density at radius 3 is 2.71 bits per heavy atom. The first-order valence-electron chi connectivity index (χ1n) is 9.49. The minimum atomic E-state index is -0.160. The monoisotopic (exact) mass is 329 g/mol. The summed E-state index contributed by atoms with van der Waals surface area (Å²) in [6.07, 6.45) is 4.88. The topological polar surface area (TPSA) is 45.2 Å². The van der Waals surface area contributed by atoms with E-state index in [2.05, 4.69) is 44.8 Å². The molecule has 0 spiro atoms. The summed E-state index contributed by atoms with van der Waals surface area (Å²) in [5.74, 6) is 0.453. The van der Waals surface area contributed by atoms with Crippen LogP contribution in [0.4, 0.5) is 0 Å². The first-order chi connectivity index (χ1) is 11.6. The van der Waals surface area contributed by atoms with Crippen LogP contribution >= 0.6 is 0 Å². The van der Waals surface area contributed by atoms with Gasteiger partial charge in [-0.05, 0) is 54.4 Å². The highest BCUT2D eigenvalue weighted by molar-refractivity contribution is 5.89. The Bertz CT molecular complexity index is 716. The number of aromatic amines is 1. The summed E-state index contributed by atoms with van der Waals surface area (Å²) >= 11 is 0. The number of rotatable bonds is 6. The Morgan fingerprint density at radius 2 is 2.08 bits per heavy atom. The normalized spacial score (nSPS) is 20.8. The summed E-state index contributed by atoms with van der Waals surface area (Å²) in [7, 11) is 0. The molecule has 132 valence electrons. The fourth-order valence-corrected chi connectivity index (χ4v) is 4.29. The van der Waals surface area contributed by atoms with Gasteiger partial charge >= 0.3 is 0 Å². The number of aliphatic hydroxyl groups excluding tert-OH is 1. The van der Waals surface area contributed by atoms with Crippen LogP contribution in [0.3, 0.4) is 0 Å². The number of benzene rings is 1. The van der Waals surface area contributed by atoms with Crippen molar-refractivity contribution >= 4 is 10.9 Å². The number of hydrogen-bond donors (Lipinski definition) is 2. The van der Waals surface area contributed by atoms with Gasteiger partial charge in [0.1, 0.15) is 5.60 Å². The molecule has 1 aliphatic heterocycles. The molecule has 1 aromatic heterocycles. The lowest BCUT2D eigenvalue weighted by atomic mass is 9.85. The number of ether oxygens (including phenoxy) is 1. The van der Waals surface area contributed by atoms with Crippen LogP contribution in [0.1, 0.15) is 75.3 Å². The maximum Gasteiger partial charge on any atom is 0.108 e. The molecule has 0 aliphatic carbocycles. The molecule has 24 heavy (non-hydrogen) atoms. The summed E-state index contributed by atoms with van der Waals surface area (Å²) < 4.78 is 6.32. The van der Waals surface area contributed by atoms with Gasteiger partial charge in [0.05, 0.1) is 12.3 Å². The van der Waals surface area contributed by atoms with E-state index in [4.69, 9.17) is 4.74 Å². The van der Waals surface area contributed by atoms with Crippen molar-refractivity contribution < 1.29 is 9.84 Å². The second kappa shape index (κ2) is 6.89. The van der Waals surface area contributed by atoms with Crippen LogP contribution < -0.4 is 0 Å². The number of aromatic nitrogens is 1. The van der Waals surface area contributed by atoms with Gasteiger partial charge in [-0.15, -0.1) is 0 Å². The molecule has 1 atom stereocenters. The maximum atomic E-state index is 9.37. The number of aliphatic hydroxyl groups is 1. The Hall–Kier alpha value is -1.32. The van der Waals surface area contributed by atoms with E-state index in [1.807, 2.05) is 0 Å². The SMILES string of the molecule is CCCC1(CC)OCCc2c1[nH]c1c(C(C)C)cc(CCO)cc21. The van der Waals surface area contributed by atoms with E-state index in [0.717, 1.165) is 38.7 Å². The summed E-state index contributed by atoms with van der Waals surface area (Å²) in [6.45, 7) is 9.95. The number of H-pyrrole nitrogens is 1. The molecule has 0 fully saturated rings. The molecular formula is C21H31NO2. The first kappa shape index (κ1) is 17.5. The van der Waals surface area contributed by atoms with E-state index in [0.29, 0.717) is 5.92 Å². The van der Waals surface area contributed by atoms with Crippen molar-refractivity contribution in [2.45, 2.75) is 71.3 Å². The lowest BCUT2D eigenvalue weighted by Gasteiger charge is -2.36. The highest BCUT2D eigenvalue weighted by atomic mass is 16.5. The number of fused-ring (bicyclic) bond motifs is 3. The summed E-state index contributed by atoms with van der Waals surface area (Å²) in [5, 5.41) is 10.7. The van der Waals surface area contributed by atoms with Crippen LogP contribution in [0, 0.1) is 0 Å². The van der Waals surface area contributed by atoms with Gasteiger partial charge in [0.2, 0.25) is 0 Å². The summed E-state index contributed by atoms with van der Waals surface area (Å²) in [6, 6.07) is 4.55. The number of hydrogen-bond acceptors (Lipinski definition) is 2. The van der Waals surface area contributed by atoms with Gasteiger partial charge in [-0.25, -0.2) is 0 Å². The largest absolute Gasteiger partial charge is 0.396 e. The van der Waals surface area contributed by atoms with Crippen molar-refractivity contribution in [3.05, 3.63) is 34.5 Å². The average molecular weight is 329 g/mol. The Balaban J connectivity index is 2.25. The predicted octanol–water partition coefficient (Wildman–Crippen LogP) is 4.80. The molecule has 2 N–H and O–H groups in total. The van der Waals surface area contributed by atoms with Crippen molar-refractivity contribution in [1.29, 1.82) is 0 Å². The third kappa shape index (κ3) is 2.78. The number of nitrogens with one attached hydrogen (secondary N) is 1. The average Bonchev–Trinajstić information content (AvgIpc) is 2.94. The third-order valence-electron chi connectivity index (χ3n) is 5.54. The lowest BCUT2D eigenvalue weighted by molar-refractivity contribution is -0.0723. The van der Waals surface area contributed by atoms with E-state index >= 15 is 0 Å². The molecule has 0 radical (unpaired) electrons. The summed E-state index contributed by atoms with van der Waals surface area (Å²) in [5.41, 5.74) is 6.44. The lowest BCUT2D eigenvalue weighted by Crippen LogP contribution is -2.35. The Kier molecular flexibility index (Phi) is 5.03. The van der Waals surface area contributed by atoms with E-state index in [9.17, 15) is 5.11 Å². The Morgan fingerprint density at radius 1 is 1.29 bits per heavy atom. The van der Waals surface area contributed by atoms with Crippen molar-refractivity contribution in [1.82, 2.24) is 4.98 Å². The molecule has 3 rings (SSSR count). The van der Waals surface area contributed by atoms with Gasteiger partial charge < -0.3 is 14.8 Å². The molecule has 2 heterocycles. The fourth-order valence-electron chi connectivity index (χ4n) is 4.29. The standard InChI is InChI=1S/C21H31NO2/c1-5-9-21(6-2)20-16(8-11-24-21)18-13-15(7-10-23)12-17(14(3)4)19(18)22-20/h12-14,22-23H,5-11H2,1-4H3. The zero-order chi connectivity index (χ0) is 17.3. The van der Waals surface area contributed by atoms with Crippen LogP contribution in [0.5, 0.6) is 0 Å². The molecule has 3 heteroatoms. The highest BCUT2D eigenvalue weighted by Crippen LogP contribution is 2.43. The molecule has 2 aromatic rings. The minimum Gasteiger partial charge on any atom is -0.396 e. The van der Waals surface area contributed by atoms with E-state index in [-0.39, 0.29) is 12.2 Å². The Labute approximate surface area is 145 Å². The van der Waals surface area contributed by atoms with Crippen molar-refractivity contribution in [2.75, 3.05) is 13.2 Å². The van der Waals surface area contributed by atoms with Crippen LogP contribution in [0.25, 0.3) is 10.9 Å². The molecule has 0 saturated carbocycles. The highest BCUT2D eigenvalue weighted by Gasteiger charge is 2.38. The first-order valence-corrected chi connectivity index (χ1v) is 9.49. The molecule has 0 saturated heterocycles. The fraction of sp³-hybridized carbons (Fsp3) is 0.619. The van der Waals surface area contributed by atoms with Gasteiger partial charge in [0.15, 0.2) is 0 Å². The van der Waals surface area contributed by atoms with Gasteiger partial charge in [-0.2, -0.15) is 0 Å². The second-order valence-corrected chi connectivity index (χ2v) is 7.41. The molecular weight excluding hydrogens is 298 g/mol. The molecule has 0 amide bonds. The van der Waals surface area contributed by atoms with E-state index < -0.39 is 0 Å². The molecule has 1 aromatic carbocycles. The smallest absolute Gasteiger partial charge is 0.108 e. The molecule has 3 nitrogen and oxygen atoms in total. The summed E-state index contributed by atoms with van der Waals surface area (Å²) in [4.78, 5) is 3.77. The van der Waals surface area contributed by atoms with Crippen molar-refractivity contribution in [3.63, 3.8) is 0 Å². The molecule has 1 unspecified atom stereocenters. The maximum absolute atomic E-state index is 9.37. The quantitative estimate of drug-likeness (QED) is 0.799. The zero-order valence-electron chi connectivity index (χ0n) is 15.5.